The van der Waals surface area contributed by atoms with Crippen molar-refractivity contribution in [1.29, 1.82) is 0 Å². The van der Waals surface area contributed by atoms with E-state index in [0.717, 1.165) is 38.1 Å². The predicted octanol–water partition coefficient (Wildman–Crippen LogP) is 4.40. The van der Waals surface area contributed by atoms with Crippen molar-refractivity contribution in [1.82, 2.24) is 19.5 Å². The number of aromatic nitrogens is 3. The first-order chi connectivity index (χ1) is 15.2. The Morgan fingerprint density at radius 3 is 2.72 bits per heavy atom. The number of ether oxygens (including phenoxy) is 2. The molecule has 1 aliphatic heterocycles. The van der Waals surface area contributed by atoms with Gasteiger partial charge in [-0.3, -0.25) is 4.40 Å². The molecule has 1 N–H and O–H groups in total. The highest BCUT2D eigenvalue weighted by Gasteiger charge is 2.32. The highest BCUT2D eigenvalue weighted by Crippen LogP contribution is 2.37. The van der Waals surface area contributed by atoms with E-state index >= 15 is 0 Å². The number of piperidine rings is 1. The molecule has 0 aliphatic carbocycles. The number of benzene rings is 1. The molecule has 1 saturated heterocycles. The number of hydrogen-bond acceptors (Lipinski definition) is 6. The van der Waals surface area contributed by atoms with Crippen LogP contribution in [-0.2, 0) is 0 Å². The SMILES string of the molecule is CN1CCC[C@@H](Nc2nnc(-c3ccc(OC(F)(F)F)cc3OC(F)F)c3cccn23)C1. The van der Waals surface area contributed by atoms with Crippen molar-refractivity contribution in [3.63, 3.8) is 0 Å². The Kier molecular flexibility index (Phi) is 6.04. The summed E-state index contributed by atoms with van der Waals surface area (Å²) in [5, 5.41) is 11.7. The topological polar surface area (TPSA) is 63.9 Å². The monoisotopic (exact) mass is 457 g/mol. The van der Waals surface area contributed by atoms with Crippen molar-refractivity contribution in [2.45, 2.75) is 31.9 Å². The molecule has 3 aromatic rings. The van der Waals surface area contributed by atoms with Crippen LogP contribution < -0.4 is 14.8 Å². The molecule has 1 fully saturated rings. The van der Waals surface area contributed by atoms with Crippen LogP contribution in [0.1, 0.15) is 12.8 Å². The minimum Gasteiger partial charge on any atom is -0.434 e. The Bertz CT molecular complexity index is 1090. The van der Waals surface area contributed by atoms with Crippen molar-refractivity contribution in [2.75, 3.05) is 25.5 Å². The van der Waals surface area contributed by atoms with Crippen LogP contribution in [0.15, 0.2) is 36.5 Å². The number of hydrogen-bond donors (Lipinski definition) is 1. The summed E-state index contributed by atoms with van der Waals surface area (Å²) >= 11 is 0. The highest BCUT2D eigenvalue weighted by atomic mass is 19.4. The Labute approximate surface area is 179 Å². The van der Waals surface area contributed by atoms with Crippen molar-refractivity contribution in [3.8, 4) is 22.8 Å². The summed E-state index contributed by atoms with van der Waals surface area (Å²) in [6.07, 6.45) is -1.24. The maximum Gasteiger partial charge on any atom is 0.573 e. The van der Waals surface area contributed by atoms with E-state index in [1.54, 1.807) is 22.7 Å². The van der Waals surface area contributed by atoms with E-state index in [4.69, 9.17) is 0 Å². The molecule has 0 spiro atoms. The Morgan fingerprint density at radius 2 is 2.00 bits per heavy atom. The van der Waals surface area contributed by atoms with Gasteiger partial charge in [-0.05, 0) is 50.7 Å². The van der Waals surface area contributed by atoms with Crippen molar-refractivity contribution in [3.05, 3.63) is 36.5 Å². The fourth-order valence-corrected chi connectivity index (χ4v) is 3.80. The van der Waals surface area contributed by atoms with E-state index in [1.165, 1.54) is 6.07 Å². The molecule has 0 unspecified atom stereocenters. The lowest BCUT2D eigenvalue weighted by Crippen LogP contribution is -2.40. The molecule has 0 amide bonds. The van der Waals surface area contributed by atoms with Crippen LogP contribution in [-0.4, -0.2) is 58.7 Å². The molecule has 12 heteroatoms. The molecule has 0 bridgehead atoms. The number of likely N-dealkylation sites (tertiary alicyclic amines) is 1. The summed E-state index contributed by atoms with van der Waals surface area (Å²) in [5.41, 5.74) is 0.755. The van der Waals surface area contributed by atoms with Gasteiger partial charge >= 0.3 is 13.0 Å². The van der Waals surface area contributed by atoms with Gasteiger partial charge in [-0.2, -0.15) is 8.78 Å². The summed E-state index contributed by atoms with van der Waals surface area (Å²) in [7, 11) is 2.03. The molecule has 1 aromatic carbocycles. The smallest absolute Gasteiger partial charge is 0.434 e. The van der Waals surface area contributed by atoms with Gasteiger partial charge in [-0.15, -0.1) is 23.4 Å². The molecule has 0 radical (unpaired) electrons. The first-order valence-electron chi connectivity index (χ1n) is 9.83. The first-order valence-corrected chi connectivity index (χ1v) is 9.83. The molecule has 4 rings (SSSR count). The number of anilines is 1. The highest BCUT2D eigenvalue weighted by molar-refractivity contribution is 5.81. The summed E-state index contributed by atoms with van der Waals surface area (Å²) < 4.78 is 73.5. The third-order valence-electron chi connectivity index (χ3n) is 5.08. The van der Waals surface area contributed by atoms with Gasteiger partial charge in [-0.25, -0.2) is 0 Å². The second-order valence-electron chi connectivity index (χ2n) is 7.47. The normalized spacial score (nSPS) is 17.7. The summed E-state index contributed by atoms with van der Waals surface area (Å²) in [4.78, 5) is 2.20. The largest absolute Gasteiger partial charge is 0.573 e. The molecule has 1 aliphatic rings. The van der Waals surface area contributed by atoms with E-state index in [9.17, 15) is 22.0 Å². The lowest BCUT2D eigenvalue weighted by Gasteiger charge is -2.30. The summed E-state index contributed by atoms with van der Waals surface area (Å²) in [5.74, 6) is -0.716. The number of nitrogens with zero attached hydrogens (tertiary/aromatic N) is 4. The van der Waals surface area contributed by atoms with E-state index in [0.29, 0.717) is 11.5 Å². The standard InChI is InChI=1S/C20H20F5N5O2/c1-29-8-2-4-12(11-29)26-19-28-27-17(15-5-3-9-30(15)19)14-7-6-13(32-20(23,24)25)10-16(14)31-18(21)22/h3,5-7,9-10,12,18H,2,4,8,11H2,1H3,(H,26,28)/t12-/m1/s1. The number of rotatable bonds is 6. The van der Waals surface area contributed by atoms with Gasteiger partial charge in [0.2, 0.25) is 5.95 Å². The zero-order valence-electron chi connectivity index (χ0n) is 16.9. The van der Waals surface area contributed by atoms with Gasteiger partial charge < -0.3 is 19.7 Å². The van der Waals surface area contributed by atoms with Gasteiger partial charge in [0.15, 0.2) is 0 Å². The summed E-state index contributed by atoms with van der Waals surface area (Å²) in [6, 6.07) is 6.53. The van der Waals surface area contributed by atoms with Gasteiger partial charge in [0, 0.05) is 30.4 Å². The third kappa shape index (κ3) is 5.01. The second kappa shape index (κ2) is 8.77. The van der Waals surface area contributed by atoms with Crippen molar-refractivity contribution < 1.29 is 31.4 Å². The Hall–Kier alpha value is -3.15. The van der Waals surface area contributed by atoms with Crippen LogP contribution >= 0.6 is 0 Å². The average molecular weight is 457 g/mol. The molecular weight excluding hydrogens is 437 g/mol. The fourth-order valence-electron chi connectivity index (χ4n) is 3.80. The van der Waals surface area contributed by atoms with Gasteiger partial charge in [0.1, 0.15) is 17.2 Å². The maximum absolute atomic E-state index is 13.0. The molecule has 2 aromatic heterocycles. The Morgan fingerprint density at radius 1 is 1.19 bits per heavy atom. The number of alkyl halides is 5. The van der Waals surface area contributed by atoms with Crippen molar-refractivity contribution in [2.24, 2.45) is 0 Å². The number of fused-ring (bicyclic) bond motifs is 1. The van der Waals surface area contributed by atoms with Crippen molar-refractivity contribution >= 4 is 11.5 Å². The van der Waals surface area contributed by atoms with Gasteiger partial charge in [0.25, 0.3) is 0 Å². The van der Waals surface area contributed by atoms with Crippen LogP contribution in [0.3, 0.4) is 0 Å². The lowest BCUT2D eigenvalue weighted by atomic mass is 10.1. The molecule has 7 nitrogen and oxygen atoms in total. The number of likely N-dealkylation sites (N-methyl/N-ethyl adjacent to an activating group) is 1. The molecule has 0 saturated carbocycles. The van der Waals surface area contributed by atoms with E-state index in [1.807, 2.05) is 7.05 Å². The second-order valence-corrected chi connectivity index (χ2v) is 7.47. The van der Waals surface area contributed by atoms with Gasteiger partial charge in [-0.1, -0.05) is 0 Å². The quantitative estimate of drug-likeness (QED) is 0.554. The molecule has 172 valence electrons. The van der Waals surface area contributed by atoms with E-state index in [2.05, 4.69) is 29.9 Å². The third-order valence-corrected chi connectivity index (χ3v) is 5.08. The molecule has 32 heavy (non-hydrogen) atoms. The van der Waals surface area contributed by atoms with Crippen LogP contribution in [0.5, 0.6) is 11.5 Å². The minimum atomic E-state index is -4.97. The average Bonchev–Trinajstić information content (AvgIpc) is 3.18. The summed E-state index contributed by atoms with van der Waals surface area (Å²) in [6.45, 7) is -1.41. The van der Waals surface area contributed by atoms with Crippen LogP contribution in [0.4, 0.5) is 27.9 Å². The van der Waals surface area contributed by atoms with E-state index < -0.39 is 24.5 Å². The van der Waals surface area contributed by atoms with Crippen LogP contribution in [0.2, 0.25) is 0 Å². The van der Waals surface area contributed by atoms with Crippen LogP contribution in [0.25, 0.3) is 16.8 Å². The zero-order valence-corrected chi connectivity index (χ0v) is 16.9. The maximum atomic E-state index is 13.0. The number of nitrogens with one attached hydrogen (secondary N) is 1. The lowest BCUT2D eigenvalue weighted by molar-refractivity contribution is -0.274. The first kappa shape index (κ1) is 22.1. The Balaban J connectivity index is 1.71. The minimum absolute atomic E-state index is 0.0555. The molecule has 3 heterocycles. The molecular formula is C20H20F5N5O2. The zero-order chi connectivity index (χ0) is 22.9. The molecule has 1 atom stereocenters. The van der Waals surface area contributed by atoms with E-state index in [-0.39, 0.29) is 17.3 Å². The number of halogens is 5. The van der Waals surface area contributed by atoms with Crippen LogP contribution in [0, 0.1) is 0 Å². The predicted molar refractivity (Wildman–Crippen MR) is 106 cm³/mol. The fraction of sp³-hybridized carbons (Fsp3) is 0.400. The van der Waals surface area contributed by atoms with Gasteiger partial charge in [0.05, 0.1) is 5.52 Å².